The van der Waals surface area contributed by atoms with Crippen LogP contribution in [-0.4, -0.2) is 30.2 Å². The molecular formula is C17H23F3N2O2. The van der Waals surface area contributed by atoms with Gasteiger partial charge in [0, 0.05) is 13.0 Å². The van der Waals surface area contributed by atoms with Gasteiger partial charge in [0.15, 0.2) is 0 Å². The number of amides is 1. The van der Waals surface area contributed by atoms with E-state index in [9.17, 15) is 18.0 Å². The van der Waals surface area contributed by atoms with Crippen LogP contribution in [0.25, 0.3) is 0 Å². The van der Waals surface area contributed by atoms with Gasteiger partial charge in [0.2, 0.25) is 5.91 Å². The average molecular weight is 344 g/mol. The molecule has 0 saturated carbocycles. The second-order valence-electron chi connectivity index (χ2n) is 5.90. The summed E-state index contributed by atoms with van der Waals surface area (Å²) in [7, 11) is 0. The Kier molecular flexibility index (Phi) is 6.48. The van der Waals surface area contributed by atoms with Crippen LogP contribution < -0.4 is 10.2 Å². The average Bonchev–Trinajstić information content (AvgIpc) is 2.93. The summed E-state index contributed by atoms with van der Waals surface area (Å²) in [6.45, 7) is 2.72. The molecule has 0 aliphatic carbocycles. The first-order chi connectivity index (χ1) is 11.4. The standard InChI is InChI=1S/C17H23F3N2O2/c1-2-3-4-5-12-24-14-8-6-13(7-9-14)16(17(18,19)20)22-11-10-15(23)21-22/h6-9,16H,2-5,10-12H2,1H3,(H,21,23)/t16-/m0/s1. The summed E-state index contributed by atoms with van der Waals surface area (Å²) in [6.07, 6.45) is -0.0939. The number of nitrogens with zero attached hydrogens (tertiary/aromatic N) is 1. The Bertz CT molecular complexity index is 532. The molecular weight excluding hydrogens is 321 g/mol. The minimum atomic E-state index is -4.47. The minimum absolute atomic E-state index is 0.0404. The van der Waals surface area contributed by atoms with Gasteiger partial charge in [-0.15, -0.1) is 0 Å². The summed E-state index contributed by atoms with van der Waals surface area (Å²) >= 11 is 0. The molecule has 0 aromatic heterocycles. The van der Waals surface area contributed by atoms with E-state index in [1.807, 2.05) is 0 Å². The molecule has 1 fully saturated rings. The fraction of sp³-hybridized carbons (Fsp3) is 0.588. The van der Waals surface area contributed by atoms with Crippen LogP contribution in [0.5, 0.6) is 5.75 Å². The normalized spacial score (nSPS) is 16.9. The van der Waals surface area contributed by atoms with Crippen molar-refractivity contribution in [2.24, 2.45) is 0 Å². The van der Waals surface area contributed by atoms with Crippen LogP contribution in [0.3, 0.4) is 0 Å². The van der Waals surface area contributed by atoms with E-state index >= 15 is 0 Å². The Hall–Kier alpha value is -1.76. The maximum atomic E-state index is 13.4. The molecule has 1 atom stereocenters. The Morgan fingerprint density at radius 2 is 1.92 bits per heavy atom. The summed E-state index contributed by atoms with van der Waals surface area (Å²) in [5, 5.41) is 0.947. The van der Waals surface area contributed by atoms with Crippen LogP contribution in [0.2, 0.25) is 0 Å². The first-order valence-corrected chi connectivity index (χ1v) is 8.27. The Balaban J connectivity index is 1.99. The van der Waals surface area contributed by atoms with E-state index in [0.717, 1.165) is 30.7 Å². The number of alkyl halides is 3. The summed E-state index contributed by atoms with van der Waals surface area (Å²) in [5.41, 5.74) is 2.36. The van der Waals surface area contributed by atoms with Gasteiger partial charge >= 0.3 is 6.18 Å². The van der Waals surface area contributed by atoms with E-state index < -0.39 is 18.1 Å². The summed E-state index contributed by atoms with van der Waals surface area (Å²) in [4.78, 5) is 11.2. The van der Waals surface area contributed by atoms with Crippen LogP contribution in [-0.2, 0) is 4.79 Å². The molecule has 1 aliphatic heterocycles. The summed E-state index contributed by atoms with van der Waals surface area (Å²) < 4.78 is 45.7. The molecule has 1 amide bonds. The lowest BCUT2D eigenvalue weighted by atomic mass is 10.1. The molecule has 24 heavy (non-hydrogen) atoms. The van der Waals surface area contributed by atoms with Gasteiger partial charge in [-0.2, -0.15) is 13.2 Å². The first-order valence-electron chi connectivity index (χ1n) is 8.27. The number of nitrogens with one attached hydrogen (secondary N) is 1. The maximum Gasteiger partial charge on any atom is 0.409 e. The third-order valence-corrected chi connectivity index (χ3v) is 3.93. The number of carbonyl (C=O) groups is 1. The molecule has 134 valence electrons. The van der Waals surface area contributed by atoms with Crippen molar-refractivity contribution < 1.29 is 22.7 Å². The molecule has 0 radical (unpaired) electrons. The zero-order valence-electron chi connectivity index (χ0n) is 13.7. The quantitative estimate of drug-likeness (QED) is 0.725. The zero-order valence-corrected chi connectivity index (χ0v) is 13.7. The van der Waals surface area contributed by atoms with Crippen molar-refractivity contribution >= 4 is 5.91 Å². The molecule has 7 heteroatoms. The van der Waals surface area contributed by atoms with Crippen LogP contribution in [0, 0.1) is 0 Å². The van der Waals surface area contributed by atoms with Crippen molar-refractivity contribution in [2.45, 2.75) is 51.2 Å². The molecule has 2 rings (SSSR count). The van der Waals surface area contributed by atoms with Crippen molar-refractivity contribution in [1.29, 1.82) is 0 Å². The van der Waals surface area contributed by atoms with Crippen LogP contribution in [0.4, 0.5) is 13.2 Å². The summed E-state index contributed by atoms with van der Waals surface area (Å²) in [6, 6.07) is 4.06. The molecule has 1 saturated heterocycles. The number of unbranched alkanes of at least 4 members (excludes halogenated alkanes) is 3. The number of hydrazine groups is 1. The van der Waals surface area contributed by atoms with Crippen molar-refractivity contribution in [3.8, 4) is 5.75 Å². The van der Waals surface area contributed by atoms with Crippen LogP contribution in [0.15, 0.2) is 24.3 Å². The number of halogens is 3. The lowest BCUT2D eigenvalue weighted by Crippen LogP contribution is -2.43. The Morgan fingerprint density at radius 3 is 2.46 bits per heavy atom. The predicted molar refractivity (Wildman–Crippen MR) is 84.3 cm³/mol. The fourth-order valence-corrected chi connectivity index (χ4v) is 2.70. The monoisotopic (exact) mass is 344 g/mol. The molecule has 0 spiro atoms. The number of hydrogen-bond acceptors (Lipinski definition) is 3. The molecule has 1 heterocycles. The molecule has 1 aromatic rings. The number of carbonyl (C=O) groups excluding carboxylic acids is 1. The predicted octanol–water partition coefficient (Wildman–Crippen LogP) is 3.99. The largest absolute Gasteiger partial charge is 0.494 e. The fourth-order valence-electron chi connectivity index (χ4n) is 2.70. The summed E-state index contributed by atoms with van der Waals surface area (Å²) in [5.74, 6) is 0.165. The van der Waals surface area contributed by atoms with Gasteiger partial charge in [0.25, 0.3) is 0 Å². The van der Waals surface area contributed by atoms with E-state index in [1.165, 1.54) is 12.1 Å². The second kappa shape index (κ2) is 8.37. The molecule has 0 bridgehead atoms. The maximum absolute atomic E-state index is 13.4. The van der Waals surface area contributed by atoms with E-state index in [0.29, 0.717) is 12.4 Å². The zero-order chi connectivity index (χ0) is 17.6. The molecule has 1 aliphatic rings. The highest BCUT2D eigenvalue weighted by atomic mass is 19.4. The highest BCUT2D eigenvalue weighted by Crippen LogP contribution is 2.38. The van der Waals surface area contributed by atoms with Gasteiger partial charge in [0.1, 0.15) is 11.8 Å². The third-order valence-electron chi connectivity index (χ3n) is 3.93. The lowest BCUT2D eigenvalue weighted by Gasteiger charge is -2.29. The van der Waals surface area contributed by atoms with Crippen molar-refractivity contribution in [1.82, 2.24) is 10.4 Å². The van der Waals surface area contributed by atoms with Gasteiger partial charge in [-0.1, -0.05) is 38.3 Å². The first kappa shape index (κ1) is 18.6. The lowest BCUT2D eigenvalue weighted by molar-refractivity contribution is -0.191. The second-order valence-corrected chi connectivity index (χ2v) is 5.90. The van der Waals surface area contributed by atoms with E-state index in [2.05, 4.69) is 12.3 Å². The molecule has 4 nitrogen and oxygen atoms in total. The van der Waals surface area contributed by atoms with Gasteiger partial charge in [-0.3, -0.25) is 10.2 Å². The highest BCUT2D eigenvalue weighted by molar-refractivity contribution is 5.77. The van der Waals surface area contributed by atoms with Crippen molar-refractivity contribution in [3.63, 3.8) is 0 Å². The van der Waals surface area contributed by atoms with Gasteiger partial charge in [-0.05, 0) is 24.1 Å². The van der Waals surface area contributed by atoms with E-state index in [1.54, 1.807) is 12.1 Å². The van der Waals surface area contributed by atoms with Crippen LogP contribution >= 0.6 is 0 Å². The van der Waals surface area contributed by atoms with Crippen molar-refractivity contribution in [2.75, 3.05) is 13.2 Å². The number of rotatable bonds is 8. The molecule has 1 aromatic carbocycles. The third kappa shape index (κ3) is 5.12. The topological polar surface area (TPSA) is 41.6 Å². The van der Waals surface area contributed by atoms with Crippen molar-refractivity contribution in [3.05, 3.63) is 29.8 Å². The number of ether oxygens (including phenoxy) is 1. The van der Waals surface area contributed by atoms with E-state index in [4.69, 9.17) is 4.74 Å². The molecule has 0 unspecified atom stereocenters. The highest BCUT2D eigenvalue weighted by Gasteiger charge is 2.46. The van der Waals surface area contributed by atoms with Gasteiger partial charge in [0.05, 0.1) is 6.61 Å². The number of benzene rings is 1. The smallest absolute Gasteiger partial charge is 0.409 e. The Labute approximate surface area is 139 Å². The minimum Gasteiger partial charge on any atom is -0.494 e. The molecule has 1 N–H and O–H groups in total. The van der Waals surface area contributed by atoms with Gasteiger partial charge < -0.3 is 4.74 Å². The number of hydrogen-bond donors (Lipinski definition) is 1. The van der Waals surface area contributed by atoms with Crippen LogP contribution in [0.1, 0.15) is 50.6 Å². The Morgan fingerprint density at radius 1 is 1.21 bits per heavy atom. The SMILES string of the molecule is CCCCCCOc1ccc([C@H](N2CCC(=O)N2)C(F)(F)F)cc1. The van der Waals surface area contributed by atoms with E-state index in [-0.39, 0.29) is 18.5 Å². The van der Waals surface area contributed by atoms with Gasteiger partial charge in [-0.25, -0.2) is 5.01 Å².